The fourth-order valence-electron chi connectivity index (χ4n) is 0.539. The van der Waals surface area contributed by atoms with Gasteiger partial charge in [-0.2, -0.15) is 4.99 Å². The van der Waals surface area contributed by atoms with Crippen molar-refractivity contribution in [1.29, 1.82) is 0 Å². The van der Waals surface area contributed by atoms with Crippen molar-refractivity contribution >= 4 is 12.8 Å². The van der Waals surface area contributed by atoms with Crippen LogP contribution in [0.5, 0.6) is 5.95 Å². The van der Waals surface area contributed by atoms with Gasteiger partial charge in [0.25, 0.3) is 0 Å². The topological polar surface area (TPSA) is 82.0 Å². The fourth-order valence-corrected chi connectivity index (χ4v) is 0.539. The van der Waals surface area contributed by atoms with Crippen LogP contribution in [0.1, 0.15) is 5.76 Å². The molecule has 64 valence electrons. The molecule has 1 aromatic rings. The van der Waals surface area contributed by atoms with Crippen molar-refractivity contribution in [2.24, 2.45) is 4.99 Å². The quantitative estimate of drug-likeness (QED) is 0.582. The lowest BCUT2D eigenvalue weighted by atomic mass is 10.6. The van der Waals surface area contributed by atoms with Crippen molar-refractivity contribution in [2.45, 2.75) is 6.92 Å². The third-order valence-corrected chi connectivity index (χ3v) is 1.01. The SMILES string of the molecule is C=NC(=O)Oc1oc(=O)oc1C. The van der Waals surface area contributed by atoms with Gasteiger partial charge in [-0.3, -0.25) is 0 Å². The number of amides is 1. The van der Waals surface area contributed by atoms with Crippen LogP contribution in [-0.2, 0) is 0 Å². The highest BCUT2D eigenvalue weighted by Gasteiger charge is 2.12. The fraction of sp³-hybridized carbons (Fsp3) is 0.167. The molecule has 12 heavy (non-hydrogen) atoms. The van der Waals surface area contributed by atoms with Crippen LogP contribution in [0, 0.1) is 6.92 Å². The van der Waals surface area contributed by atoms with E-state index in [0.29, 0.717) is 0 Å². The van der Waals surface area contributed by atoms with E-state index in [-0.39, 0.29) is 11.7 Å². The summed E-state index contributed by atoms with van der Waals surface area (Å²) in [7, 11) is 0. The molecule has 1 rings (SSSR count). The lowest BCUT2D eigenvalue weighted by molar-refractivity contribution is 0.196. The molecule has 6 heteroatoms. The first-order valence-electron chi connectivity index (χ1n) is 2.92. The van der Waals surface area contributed by atoms with Crippen molar-refractivity contribution in [1.82, 2.24) is 0 Å². The zero-order valence-corrected chi connectivity index (χ0v) is 6.20. The number of hydrogen-bond donors (Lipinski definition) is 0. The predicted octanol–water partition coefficient (Wildman–Crippen LogP) is 0.741. The highest BCUT2D eigenvalue weighted by molar-refractivity contribution is 5.74. The molecule has 0 spiro atoms. The first-order chi connectivity index (χ1) is 5.63. The Balaban J connectivity index is 2.89. The molecular weight excluding hydrogens is 166 g/mol. The molecule has 0 saturated carbocycles. The van der Waals surface area contributed by atoms with E-state index >= 15 is 0 Å². The van der Waals surface area contributed by atoms with Gasteiger partial charge < -0.3 is 13.6 Å². The Kier molecular flexibility index (Phi) is 2.09. The number of aryl methyl sites for hydroxylation is 1. The average molecular weight is 171 g/mol. The molecule has 0 aliphatic rings. The van der Waals surface area contributed by atoms with Crippen LogP contribution in [0.3, 0.4) is 0 Å². The second-order valence-electron chi connectivity index (χ2n) is 1.82. The van der Waals surface area contributed by atoms with Crippen LogP contribution < -0.4 is 10.6 Å². The number of hydrogen-bond acceptors (Lipinski definition) is 5. The minimum Gasteiger partial charge on any atom is -0.392 e. The second kappa shape index (κ2) is 3.04. The van der Waals surface area contributed by atoms with Crippen molar-refractivity contribution in [3.8, 4) is 5.95 Å². The molecule has 1 amide bonds. The molecule has 0 unspecified atom stereocenters. The lowest BCUT2D eigenvalue weighted by Crippen LogP contribution is -2.01. The molecule has 1 heterocycles. The highest BCUT2D eigenvalue weighted by atomic mass is 16.7. The molecule has 0 atom stereocenters. The van der Waals surface area contributed by atoms with Gasteiger partial charge >= 0.3 is 17.9 Å². The van der Waals surface area contributed by atoms with Crippen molar-refractivity contribution in [3.63, 3.8) is 0 Å². The molecule has 0 aliphatic heterocycles. The maximum atomic E-state index is 10.5. The number of aliphatic imine (C=N–C) groups is 1. The van der Waals surface area contributed by atoms with Gasteiger partial charge in [-0.05, 0) is 6.72 Å². The summed E-state index contributed by atoms with van der Waals surface area (Å²) >= 11 is 0. The molecule has 0 aliphatic carbocycles. The highest BCUT2D eigenvalue weighted by Crippen LogP contribution is 2.14. The maximum Gasteiger partial charge on any atom is 0.521 e. The molecule has 0 N–H and O–H groups in total. The summed E-state index contributed by atoms with van der Waals surface area (Å²) in [5.41, 5.74) is 0. The van der Waals surface area contributed by atoms with Gasteiger partial charge in [0.05, 0.1) is 0 Å². The normalized spacial score (nSPS) is 9.42. The summed E-state index contributed by atoms with van der Waals surface area (Å²) in [6.07, 6.45) is -0.956. The molecular formula is C6H5NO5. The number of nitrogens with zero attached hydrogens (tertiary/aromatic N) is 1. The van der Waals surface area contributed by atoms with Crippen molar-refractivity contribution in [2.75, 3.05) is 0 Å². The van der Waals surface area contributed by atoms with E-state index in [0.717, 1.165) is 0 Å². The summed E-state index contributed by atoms with van der Waals surface area (Å²) in [5, 5.41) is 0. The number of ether oxygens (including phenoxy) is 1. The smallest absolute Gasteiger partial charge is 0.392 e. The van der Waals surface area contributed by atoms with Gasteiger partial charge in [-0.1, -0.05) is 0 Å². The van der Waals surface area contributed by atoms with Crippen LogP contribution in [-0.4, -0.2) is 12.8 Å². The van der Waals surface area contributed by atoms with Gasteiger partial charge in [-0.25, -0.2) is 9.59 Å². The van der Waals surface area contributed by atoms with E-state index in [1.165, 1.54) is 6.92 Å². The molecule has 0 saturated heterocycles. The Hall–Kier alpha value is -1.85. The average Bonchev–Trinajstić information content (AvgIpc) is 2.30. The monoisotopic (exact) mass is 171 g/mol. The molecule has 0 fully saturated rings. The predicted molar refractivity (Wildman–Crippen MR) is 37.6 cm³/mol. The Bertz CT molecular complexity index is 360. The Morgan fingerprint density at radius 1 is 1.58 bits per heavy atom. The van der Waals surface area contributed by atoms with E-state index in [1.807, 2.05) is 0 Å². The van der Waals surface area contributed by atoms with Crippen LogP contribution in [0.2, 0.25) is 0 Å². The minimum atomic E-state index is -0.956. The van der Waals surface area contributed by atoms with Gasteiger partial charge in [0, 0.05) is 6.92 Å². The molecule has 1 aromatic heterocycles. The van der Waals surface area contributed by atoms with E-state index in [2.05, 4.69) is 25.3 Å². The first kappa shape index (κ1) is 8.25. The summed E-state index contributed by atoms with van der Waals surface area (Å²) in [4.78, 5) is 23.8. The molecule has 0 radical (unpaired) electrons. The van der Waals surface area contributed by atoms with Gasteiger partial charge in [-0.15, -0.1) is 0 Å². The Morgan fingerprint density at radius 2 is 2.25 bits per heavy atom. The van der Waals surface area contributed by atoms with Crippen LogP contribution >= 0.6 is 0 Å². The van der Waals surface area contributed by atoms with Gasteiger partial charge in [0.2, 0.25) is 0 Å². The van der Waals surface area contributed by atoms with Crippen LogP contribution in [0.25, 0.3) is 0 Å². The summed E-state index contributed by atoms with van der Waals surface area (Å²) in [5.74, 6) is -1.14. The Labute approximate surface area is 66.5 Å². The zero-order chi connectivity index (χ0) is 9.14. The van der Waals surface area contributed by atoms with Crippen molar-refractivity contribution in [3.05, 3.63) is 16.4 Å². The van der Waals surface area contributed by atoms with E-state index < -0.39 is 11.9 Å². The third kappa shape index (κ3) is 1.60. The standard InChI is InChI=1S/C6H5NO5/c1-3-4(11-5(8)7-2)12-6(9)10-3/h2H2,1H3. The zero-order valence-electron chi connectivity index (χ0n) is 6.20. The van der Waals surface area contributed by atoms with Crippen molar-refractivity contribution < 1.29 is 18.4 Å². The number of carbonyl (C=O) groups is 1. The van der Waals surface area contributed by atoms with Crippen LogP contribution in [0.15, 0.2) is 18.6 Å². The maximum absolute atomic E-state index is 10.5. The minimum absolute atomic E-state index is 0.0806. The van der Waals surface area contributed by atoms with Crippen LogP contribution in [0.4, 0.5) is 4.79 Å². The first-order valence-corrected chi connectivity index (χ1v) is 2.92. The molecule has 6 nitrogen and oxygen atoms in total. The third-order valence-electron chi connectivity index (χ3n) is 1.01. The lowest BCUT2D eigenvalue weighted by Gasteiger charge is -1.91. The van der Waals surface area contributed by atoms with Gasteiger partial charge in [0.1, 0.15) is 0 Å². The summed E-state index contributed by atoms with van der Waals surface area (Å²) < 4.78 is 13.1. The second-order valence-corrected chi connectivity index (χ2v) is 1.82. The molecule has 0 aromatic carbocycles. The molecule has 0 bridgehead atoms. The summed E-state index contributed by atoms with van der Waals surface area (Å²) in [6.45, 7) is 4.33. The largest absolute Gasteiger partial charge is 0.521 e. The Morgan fingerprint density at radius 3 is 2.67 bits per heavy atom. The van der Waals surface area contributed by atoms with E-state index in [9.17, 15) is 9.59 Å². The van der Waals surface area contributed by atoms with Gasteiger partial charge in [0.15, 0.2) is 5.76 Å². The summed E-state index contributed by atoms with van der Waals surface area (Å²) in [6, 6.07) is 0. The van der Waals surface area contributed by atoms with E-state index in [4.69, 9.17) is 0 Å². The number of rotatable bonds is 1. The number of carbonyl (C=O) groups excluding carboxylic acids is 1. The van der Waals surface area contributed by atoms with E-state index in [1.54, 1.807) is 0 Å².